The van der Waals surface area contributed by atoms with Crippen LogP contribution < -0.4 is 14.8 Å². The lowest BCUT2D eigenvalue weighted by molar-refractivity contribution is -0.127. The van der Waals surface area contributed by atoms with Gasteiger partial charge in [-0.05, 0) is 37.1 Å². The van der Waals surface area contributed by atoms with Gasteiger partial charge in [0.05, 0.1) is 13.3 Å². The maximum absolute atomic E-state index is 12.3. The summed E-state index contributed by atoms with van der Waals surface area (Å²) >= 11 is 0. The van der Waals surface area contributed by atoms with Crippen LogP contribution in [-0.4, -0.2) is 30.5 Å². The van der Waals surface area contributed by atoms with Crippen molar-refractivity contribution in [2.24, 2.45) is 5.16 Å². The first-order chi connectivity index (χ1) is 15.1. The summed E-state index contributed by atoms with van der Waals surface area (Å²) in [5.41, 5.74) is 1.81. The number of aromatic nitrogens is 1. The van der Waals surface area contributed by atoms with Crippen LogP contribution in [0.5, 0.6) is 11.5 Å². The van der Waals surface area contributed by atoms with Crippen molar-refractivity contribution in [1.82, 2.24) is 5.16 Å². The maximum Gasteiger partial charge on any atom is 0.269 e. The molecule has 3 rings (SSSR count). The van der Waals surface area contributed by atoms with Crippen LogP contribution in [0, 0.1) is 6.92 Å². The SMILES string of the molecule is CCC(O/N=C/c1ccc(OCc2ccccc2)c(OC)c1)C(=O)Nc1cc(C)on1. The third kappa shape index (κ3) is 6.33. The van der Waals surface area contributed by atoms with Gasteiger partial charge in [0.25, 0.3) is 5.91 Å². The van der Waals surface area contributed by atoms with Gasteiger partial charge >= 0.3 is 0 Å². The molecular weight excluding hydrogens is 398 g/mol. The Labute approximate surface area is 180 Å². The number of hydrogen-bond donors (Lipinski definition) is 1. The van der Waals surface area contributed by atoms with E-state index in [0.29, 0.717) is 36.1 Å². The molecule has 3 aromatic rings. The summed E-state index contributed by atoms with van der Waals surface area (Å²) < 4.78 is 16.2. The number of rotatable bonds is 10. The smallest absolute Gasteiger partial charge is 0.269 e. The Hall–Kier alpha value is -3.81. The van der Waals surface area contributed by atoms with E-state index in [0.717, 1.165) is 11.1 Å². The van der Waals surface area contributed by atoms with Crippen LogP contribution in [-0.2, 0) is 16.2 Å². The third-order valence-corrected chi connectivity index (χ3v) is 4.36. The second-order valence-corrected chi connectivity index (χ2v) is 6.73. The molecular formula is C23H25N3O5. The number of hydrogen-bond acceptors (Lipinski definition) is 7. The first-order valence-electron chi connectivity index (χ1n) is 9.87. The Balaban J connectivity index is 1.58. The van der Waals surface area contributed by atoms with Crippen LogP contribution >= 0.6 is 0 Å². The van der Waals surface area contributed by atoms with Gasteiger partial charge in [0.15, 0.2) is 17.3 Å². The fraction of sp³-hybridized carbons (Fsp3) is 0.261. The average molecular weight is 423 g/mol. The molecule has 2 aromatic carbocycles. The van der Waals surface area contributed by atoms with Crippen LogP contribution in [0.3, 0.4) is 0 Å². The van der Waals surface area contributed by atoms with E-state index in [1.54, 1.807) is 32.2 Å². The minimum Gasteiger partial charge on any atom is -0.493 e. The van der Waals surface area contributed by atoms with Crippen LogP contribution in [0.1, 0.15) is 30.2 Å². The van der Waals surface area contributed by atoms with Gasteiger partial charge in [-0.2, -0.15) is 0 Å². The molecule has 1 heterocycles. The van der Waals surface area contributed by atoms with Crippen molar-refractivity contribution in [2.45, 2.75) is 33.0 Å². The molecule has 0 aliphatic heterocycles. The molecule has 1 amide bonds. The van der Waals surface area contributed by atoms with Gasteiger partial charge in [-0.3, -0.25) is 4.79 Å². The molecule has 31 heavy (non-hydrogen) atoms. The molecule has 1 atom stereocenters. The zero-order chi connectivity index (χ0) is 22.1. The van der Waals surface area contributed by atoms with Gasteiger partial charge in [0.1, 0.15) is 12.4 Å². The number of ether oxygens (including phenoxy) is 2. The third-order valence-electron chi connectivity index (χ3n) is 4.36. The lowest BCUT2D eigenvalue weighted by Gasteiger charge is -2.12. The van der Waals surface area contributed by atoms with Crippen molar-refractivity contribution in [3.8, 4) is 11.5 Å². The van der Waals surface area contributed by atoms with Crippen molar-refractivity contribution < 1.29 is 23.6 Å². The standard InChI is InChI=1S/C23H25N3O5/c1-4-19(23(27)25-22-12-16(2)30-26-22)31-24-14-18-10-11-20(21(13-18)28-3)29-15-17-8-6-5-7-9-17/h5-14,19H,4,15H2,1-3H3,(H,25,26,27)/b24-14+. The Morgan fingerprint density at radius 1 is 1.19 bits per heavy atom. The second kappa shape index (κ2) is 10.8. The van der Waals surface area contributed by atoms with Crippen LogP contribution in [0.2, 0.25) is 0 Å². The lowest BCUT2D eigenvalue weighted by Crippen LogP contribution is -2.28. The van der Waals surface area contributed by atoms with Crippen molar-refractivity contribution >= 4 is 17.9 Å². The van der Waals surface area contributed by atoms with Gasteiger partial charge in [0.2, 0.25) is 6.10 Å². The van der Waals surface area contributed by atoms with Gasteiger partial charge in [0, 0.05) is 11.6 Å². The number of nitrogens with one attached hydrogen (secondary N) is 1. The van der Waals surface area contributed by atoms with E-state index in [4.69, 9.17) is 18.8 Å². The molecule has 0 bridgehead atoms. The maximum atomic E-state index is 12.3. The van der Waals surface area contributed by atoms with Crippen molar-refractivity contribution in [3.63, 3.8) is 0 Å². The average Bonchev–Trinajstić information content (AvgIpc) is 3.20. The van der Waals surface area contributed by atoms with Gasteiger partial charge in [-0.15, -0.1) is 0 Å². The number of methoxy groups -OCH3 is 1. The number of anilines is 1. The number of nitrogens with zero attached hydrogens (tertiary/aromatic N) is 2. The highest BCUT2D eigenvalue weighted by Gasteiger charge is 2.19. The largest absolute Gasteiger partial charge is 0.493 e. The van der Waals surface area contributed by atoms with E-state index in [2.05, 4.69) is 15.6 Å². The molecule has 0 aliphatic carbocycles. The summed E-state index contributed by atoms with van der Waals surface area (Å²) in [6.07, 6.45) is 1.19. The molecule has 162 valence electrons. The molecule has 8 nitrogen and oxygen atoms in total. The zero-order valence-electron chi connectivity index (χ0n) is 17.7. The van der Waals surface area contributed by atoms with E-state index >= 15 is 0 Å². The highest BCUT2D eigenvalue weighted by atomic mass is 16.6. The van der Waals surface area contributed by atoms with Gasteiger partial charge < -0.3 is 24.2 Å². The molecule has 0 saturated heterocycles. The minimum atomic E-state index is -0.761. The molecule has 0 aliphatic rings. The molecule has 0 fully saturated rings. The predicted octanol–water partition coefficient (Wildman–Crippen LogP) is 4.34. The molecule has 1 N–H and O–H groups in total. The Bertz CT molecular complexity index is 1020. The number of carbonyl (C=O) groups is 1. The monoisotopic (exact) mass is 423 g/mol. The lowest BCUT2D eigenvalue weighted by atomic mass is 10.2. The summed E-state index contributed by atoms with van der Waals surface area (Å²) in [7, 11) is 1.57. The summed E-state index contributed by atoms with van der Waals surface area (Å²) in [5.74, 6) is 1.79. The fourth-order valence-corrected chi connectivity index (χ4v) is 2.72. The number of aryl methyl sites for hydroxylation is 1. The Morgan fingerprint density at radius 2 is 2.00 bits per heavy atom. The van der Waals surface area contributed by atoms with Gasteiger partial charge in [-0.1, -0.05) is 47.6 Å². The van der Waals surface area contributed by atoms with Crippen molar-refractivity contribution in [3.05, 3.63) is 71.5 Å². The fourth-order valence-electron chi connectivity index (χ4n) is 2.72. The molecule has 0 spiro atoms. The summed E-state index contributed by atoms with van der Waals surface area (Å²) in [4.78, 5) is 17.7. The molecule has 1 unspecified atom stereocenters. The number of benzene rings is 2. The van der Waals surface area contributed by atoms with E-state index in [9.17, 15) is 4.79 Å². The molecule has 0 saturated carbocycles. The summed E-state index contributed by atoms with van der Waals surface area (Å²) in [6.45, 7) is 4.01. The van der Waals surface area contributed by atoms with Crippen LogP contribution in [0.4, 0.5) is 5.82 Å². The summed E-state index contributed by atoms with van der Waals surface area (Å²) in [5, 5.41) is 10.3. The van der Waals surface area contributed by atoms with Crippen molar-refractivity contribution in [2.75, 3.05) is 12.4 Å². The molecule has 8 heteroatoms. The first kappa shape index (κ1) is 21.9. The van der Waals surface area contributed by atoms with E-state index in [1.807, 2.05) is 43.3 Å². The predicted molar refractivity (Wildman–Crippen MR) is 116 cm³/mol. The van der Waals surface area contributed by atoms with Crippen LogP contribution in [0.15, 0.2) is 64.3 Å². The number of carbonyl (C=O) groups excluding carboxylic acids is 1. The van der Waals surface area contributed by atoms with Gasteiger partial charge in [-0.25, -0.2) is 0 Å². The highest BCUT2D eigenvalue weighted by Crippen LogP contribution is 2.28. The number of amides is 1. The van der Waals surface area contributed by atoms with Crippen molar-refractivity contribution in [1.29, 1.82) is 0 Å². The highest BCUT2D eigenvalue weighted by molar-refractivity contribution is 5.93. The summed E-state index contributed by atoms with van der Waals surface area (Å²) in [6, 6.07) is 16.9. The molecule has 1 aromatic heterocycles. The minimum absolute atomic E-state index is 0.337. The molecule has 0 radical (unpaired) electrons. The van der Waals surface area contributed by atoms with E-state index < -0.39 is 6.10 Å². The first-order valence-corrected chi connectivity index (χ1v) is 9.87. The number of oxime groups is 1. The Morgan fingerprint density at radius 3 is 2.68 bits per heavy atom. The van der Waals surface area contributed by atoms with E-state index in [-0.39, 0.29) is 5.91 Å². The normalized spacial score (nSPS) is 11.8. The zero-order valence-corrected chi connectivity index (χ0v) is 17.7. The quantitative estimate of drug-likeness (QED) is 0.385. The second-order valence-electron chi connectivity index (χ2n) is 6.73. The van der Waals surface area contributed by atoms with Crippen LogP contribution in [0.25, 0.3) is 0 Å². The Kier molecular flexibility index (Phi) is 7.64. The van der Waals surface area contributed by atoms with E-state index in [1.165, 1.54) is 6.21 Å². The topological polar surface area (TPSA) is 95.2 Å².